The van der Waals surface area contributed by atoms with Gasteiger partial charge in [0.25, 0.3) is 0 Å². The summed E-state index contributed by atoms with van der Waals surface area (Å²) in [5, 5.41) is 69.5. The molecule has 2 saturated heterocycles. The molecule has 3 rings (SSSR count). The molecule has 18 nitrogen and oxygen atoms in total. The molecule has 1 aromatic carbocycles. The summed E-state index contributed by atoms with van der Waals surface area (Å²) in [6, 6.07) is 5.15. The largest absolute Gasteiger partial charge is 0.508 e. The average Bonchev–Trinajstić information content (AvgIpc) is 3.62. The van der Waals surface area contributed by atoms with Crippen LogP contribution in [0.2, 0.25) is 0 Å². The summed E-state index contributed by atoms with van der Waals surface area (Å²) in [4.78, 5) is 63.3. The third-order valence-electron chi connectivity index (χ3n) is 7.81. The van der Waals surface area contributed by atoms with Crippen LogP contribution in [0.25, 0.3) is 0 Å². The number of urea groups is 1. The summed E-state index contributed by atoms with van der Waals surface area (Å²) in [7, 11) is 0. The van der Waals surface area contributed by atoms with Gasteiger partial charge >= 0.3 is 29.9 Å². The van der Waals surface area contributed by atoms with Gasteiger partial charge in [-0.05, 0) is 42.9 Å². The van der Waals surface area contributed by atoms with Crippen LogP contribution in [0, 0.1) is 11.3 Å². The van der Waals surface area contributed by atoms with Crippen molar-refractivity contribution in [3.8, 4) is 5.75 Å². The van der Waals surface area contributed by atoms with Crippen molar-refractivity contribution in [2.75, 3.05) is 18.9 Å². The fraction of sp³-hybridized carbons (Fsp3) is 0.636. The molecule has 0 aliphatic carbocycles. The molecule has 0 radical (unpaired) electrons. The van der Waals surface area contributed by atoms with E-state index in [1.54, 1.807) is 26.0 Å². The number of carboxylic acids is 4. The summed E-state index contributed by atoms with van der Waals surface area (Å²) >= 11 is 1.87. The maximum atomic E-state index is 11.3. The summed E-state index contributed by atoms with van der Waals surface area (Å²) in [6.07, 6.45) is 1.61. The van der Waals surface area contributed by atoms with Crippen molar-refractivity contribution in [2.45, 2.75) is 102 Å². The van der Waals surface area contributed by atoms with Crippen molar-refractivity contribution in [1.82, 2.24) is 16.0 Å². The van der Waals surface area contributed by atoms with E-state index in [4.69, 9.17) is 42.1 Å². The van der Waals surface area contributed by atoms with E-state index in [0.717, 1.165) is 30.6 Å². The third kappa shape index (κ3) is 19.4. The predicted octanol–water partition coefficient (Wildman–Crippen LogP) is 0.154. The van der Waals surface area contributed by atoms with E-state index in [-0.39, 0.29) is 62.2 Å². The second-order valence-corrected chi connectivity index (χ2v) is 14.4. The Kier molecular flexibility index (Phi) is 22.2. The van der Waals surface area contributed by atoms with Crippen LogP contribution in [0.5, 0.6) is 5.75 Å². The Labute approximate surface area is 306 Å². The number of fused-ring (bicyclic) bond motifs is 1. The lowest BCUT2D eigenvalue weighted by Crippen LogP contribution is -2.45. The molecule has 52 heavy (non-hydrogen) atoms. The van der Waals surface area contributed by atoms with Gasteiger partial charge in [0, 0.05) is 29.4 Å². The van der Waals surface area contributed by atoms with Gasteiger partial charge in [-0.2, -0.15) is 11.8 Å². The second-order valence-electron chi connectivity index (χ2n) is 13.2. The highest BCUT2D eigenvalue weighted by atomic mass is 32.2. The number of hydrogen-bond donors (Lipinski definition) is 12. The van der Waals surface area contributed by atoms with E-state index in [9.17, 15) is 33.9 Å². The number of unbranched alkanes of at least 4 members (excludes halogenated alkanes) is 1. The third-order valence-corrected chi connectivity index (χ3v) is 9.32. The van der Waals surface area contributed by atoms with Gasteiger partial charge in [0.15, 0.2) is 0 Å². The van der Waals surface area contributed by atoms with Crippen LogP contribution in [0.3, 0.4) is 0 Å². The van der Waals surface area contributed by atoms with Gasteiger partial charge < -0.3 is 63.2 Å². The van der Waals surface area contributed by atoms with Crippen LogP contribution in [0.1, 0.15) is 65.4 Å². The van der Waals surface area contributed by atoms with Gasteiger partial charge in [-0.1, -0.05) is 46.2 Å². The van der Waals surface area contributed by atoms with Crippen molar-refractivity contribution in [2.24, 2.45) is 22.8 Å². The maximum Gasteiger partial charge on any atom is 0.320 e. The average molecular weight is 762 g/mol. The molecule has 1 aromatic rings. The Morgan fingerprint density at radius 1 is 0.942 bits per heavy atom. The predicted molar refractivity (Wildman–Crippen MR) is 192 cm³/mol. The normalized spacial score (nSPS) is 18.9. The van der Waals surface area contributed by atoms with Crippen LogP contribution in [-0.2, 0) is 30.4 Å². The quantitative estimate of drug-likeness (QED) is 0.0788. The molecule has 2 heterocycles. The van der Waals surface area contributed by atoms with Crippen LogP contribution in [0.15, 0.2) is 24.3 Å². The molecule has 2 aliphatic rings. The summed E-state index contributed by atoms with van der Waals surface area (Å²) in [5.74, 6) is -3.23. The van der Waals surface area contributed by atoms with Crippen molar-refractivity contribution in [1.29, 1.82) is 0 Å². The second kappa shape index (κ2) is 24.1. The number of aliphatic carboxylic acids is 4. The number of phenols is 1. The first-order valence-electron chi connectivity index (χ1n) is 16.6. The number of carbonyl (C=O) groups excluding carboxylic acids is 2. The van der Waals surface area contributed by atoms with E-state index in [0.29, 0.717) is 5.25 Å². The number of phenolic OH excluding ortho intramolecular Hbond substituents is 1. The molecule has 3 amide bonds. The molecule has 0 unspecified atom stereocenters. The van der Waals surface area contributed by atoms with Crippen molar-refractivity contribution in [3.05, 3.63) is 29.8 Å². The highest BCUT2D eigenvalue weighted by molar-refractivity contribution is 8.00. The number of benzene rings is 1. The smallest absolute Gasteiger partial charge is 0.320 e. The van der Waals surface area contributed by atoms with Gasteiger partial charge in [0.05, 0.1) is 25.1 Å². The highest BCUT2D eigenvalue weighted by Gasteiger charge is 2.42. The molecule has 0 saturated carbocycles. The van der Waals surface area contributed by atoms with E-state index in [1.807, 2.05) is 11.8 Å². The number of thioether (sulfide) groups is 1. The number of nitrogens with one attached hydrogen (secondary N) is 3. The van der Waals surface area contributed by atoms with E-state index >= 15 is 0 Å². The molecule has 19 heteroatoms. The van der Waals surface area contributed by atoms with E-state index in [1.165, 1.54) is 26.0 Å². The van der Waals surface area contributed by atoms with Crippen LogP contribution in [-0.4, -0.2) is 126 Å². The first-order chi connectivity index (χ1) is 24.1. The van der Waals surface area contributed by atoms with Crippen LogP contribution < -0.4 is 27.4 Å². The minimum atomic E-state index is -1.35. The molecule has 6 atom stereocenters. The number of carbonyl (C=O) groups is 6. The Bertz CT molecular complexity index is 1300. The van der Waals surface area contributed by atoms with Crippen LogP contribution >= 0.6 is 11.8 Å². The lowest BCUT2D eigenvalue weighted by Gasteiger charge is -2.26. The monoisotopic (exact) mass is 761 g/mol. The van der Waals surface area contributed by atoms with Crippen molar-refractivity contribution >= 4 is 47.6 Å². The van der Waals surface area contributed by atoms with Crippen LogP contribution in [0.4, 0.5) is 4.79 Å². The summed E-state index contributed by atoms with van der Waals surface area (Å²) in [5.41, 5.74) is 10.3. The molecule has 0 aromatic heterocycles. The zero-order valence-electron chi connectivity index (χ0n) is 29.9. The van der Waals surface area contributed by atoms with E-state index in [2.05, 4.69) is 16.0 Å². The number of aliphatic hydroxyl groups is 2. The number of aromatic hydroxyl groups is 1. The minimum Gasteiger partial charge on any atom is -0.508 e. The summed E-state index contributed by atoms with van der Waals surface area (Å²) < 4.78 is 0. The van der Waals surface area contributed by atoms with Gasteiger partial charge in [-0.15, -0.1) is 0 Å². The molecule has 296 valence electrons. The van der Waals surface area contributed by atoms with Gasteiger partial charge in [-0.3, -0.25) is 24.0 Å². The molecule has 0 spiro atoms. The zero-order valence-corrected chi connectivity index (χ0v) is 30.7. The molecular weight excluding hydrogens is 706 g/mol. The Balaban J connectivity index is 0.000000685. The fourth-order valence-corrected chi connectivity index (χ4v) is 5.90. The summed E-state index contributed by atoms with van der Waals surface area (Å²) in [6.45, 7) is 6.26. The van der Waals surface area contributed by atoms with Crippen molar-refractivity contribution < 1.29 is 64.5 Å². The molecule has 14 N–H and O–H groups in total. The Hall–Kier alpha value is -4.17. The maximum absolute atomic E-state index is 11.3. The lowest BCUT2D eigenvalue weighted by molar-refractivity contribution is -0.140. The molecular formula is C33H55N5O13S. The Morgan fingerprint density at radius 3 is 1.98 bits per heavy atom. The zero-order chi connectivity index (χ0) is 40.2. The number of amides is 3. The minimum absolute atomic E-state index is 0.0208. The SMILES string of the molecule is CC(C)(CO)[C@@H](O)C(=O)NCCC(=O)O.CC(C)[C@H](N)C(=O)O.N[C@@H](Cc1ccc(O)cc1)C(=O)O.O=C(O)CCCC[C@@H]1SC[C@@H]2NC(=O)N[C@@H]21. The van der Waals surface area contributed by atoms with E-state index < -0.39 is 53.4 Å². The Morgan fingerprint density at radius 2 is 1.52 bits per heavy atom. The first kappa shape index (κ1) is 47.8. The highest BCUT2D eigenvalue weighted by Crippen LogP contribution is 2.33. The molecule has 2 aliphatic heterocycles. The van der Waals surface area contributed by atoms with Gasteiger partial charge in [0.2, 0.25) is 5.91 Å². The molecule has 0 bridgehead atoms. The van der Waals surface area contributed by atoms with Gasteiger partial charge in [0.1, 0.15) is 23.9 Å². The number of rotatable bonds is 16. The first-order valence-corrected chi connectivity index (χ1v) is 17.6. The number of hydrogen-bond acceptors (Lipinski definition) is 12. The topological polar surface area (TPSA) is 332 Å². The van der Waals surface area contributed by atoms with Gasteiger partial charge in [-0.25, -0.2) is 4.79 Å². The number of aliphatic hydroxyl groups excluding tert-OH is 2. The fourth-order valence-electron chi connectivity index (χ4n) is 4.35. The lowest BCUT2D eigenvalue weighted by atomic mass is 9.87. The standard InChI is InChI=1S/C10H16N2O3S.C9H17NO5.C9H11NO3.C5H11NO2/c13-8(14)4-2-1-3-7-9-6(5-16-7)11-10(15)12-9;1-9(2,5-11)7(14)8(15)10-4-3-6(12)13;10-8(9(12)13)5-6-1-3-7(11)4-2-6;1-3(2)4(6)5(7)8/h6-7,9H,1-5H2,(H,13,14)(H2,11,12,15);7,11,14H,3-5H2,1-2H3,(H,10,15)(H,12,13);1-4,8,11H,5,10H2,(H,12,13);3-4H,6H2,1-2H3,(H,7,8)/t6-,7-,9-;7-;8-;4-/m0000/s1. The molecule has 2 fully saturated rings. The van der Waals surface area contributed by atoms with Crippen molar-refractivity contribution in [3.63, 3.8) is 0 Å². The number of carboxylic acid groups (broad SMARTS) is 4. The number of nitrogens with two attached hydrogens (primary N) is 2.